The number of carboxylic acids is 1. The molecule has 3 aromatic rings. The number of aromatic nitrogens is 2. The second-order valence-corrected chi connectivity index (χ2v) is 4.84. The monoisotopic (exact) mass is 326 g/mol. The Morgan fingerprint density at radius 1 is 1.04 bits per heavy atom. The van der Waals surface area contributed by atoms with Crippen molar-refractivity contribution in [1.29, 1.82) is 0 Å². The Morgan fingerprint density at radius 2 is 1.79 bits per heavy atom. The number of hydrogen-bond acceptors (Lipinski definition) is 6. The predicted octanol–water partition coefficient (Wildman–Crippen LogP) is 3.12. The highest BCUT2D eigenvalue weighted by Crippen LogP contribution is 2.37. The number of aromatic carboxylic acids is 1. The van der Waals surface area contributed by atoms with Crippen LogP contribution >= 0.6 is 0 Å². The number of para-hydroxylation sites is 1. The molecule has 0 amide bonds. The van der Waals surface area contributed by atoms with Crippen LogP contribution in [0.1, 0.15) is 10.4 Å². The molecule has 0 saturated carbocycles. The zero-order valence-corrected chi connectivity index (χ0v) is 13.0. The number of nitrogens with zero attached hydrogens (tertiary/aromatic N) is 2. The molecule has 0 bridgehead atoms. The third-order valence-electron chi connectivity index (χ3n) is 3.41. The zero-order valence-electron chi connectivity index (χ0n) is 13.0. The van der Waals surface area contributed by atoms with E-state index in [4.69, 9.17) is 19.0 Å². The summed E-state index contributed by atoms with van der Waals surface area (Å²) in [5.41, 5.74) is 1.26. The molecule has 7 heteroatoms. The number of hydrogen-bond donors (Lipinski definition) is 1. The van der Waals surface area contributed by atoms with Gasteiger partial charge in [0, 0.05) is 5.56 Å². The molecule has 0 spiro atoms. The highest BCUT2D eigenvalue weighted by Gasteiger charge is 2.18. The highest BCUT2D eigenvalue weighted by atomic mass is 16.5. The fraction of sp³-hybridized carbons (Fsp3) is 0.118. The zero-order chi connectivity index (χ0) is 17.1. The minimum atomic E-state index is -1.02. The predicted molar refractivity (Wildman–Crippen MR) is 85.2 cm³/mol. The van der Waals surface area contributed by atoms with E-state index in [1.807, 2.05) is 0 Å². The lowest BCUT2D eigenvalue weighted by atomic mass is 10.1. The molecule has 1 N–H and O–H groups in total. The molecule has 0 radical (unpaired) electrons. The molecule has 3 rings (SSSR count). The summed E-state index contributed by atoms with van der Waals surface area (Å²) in [7, 11) is 3.06. The van der Waals surface area contributed by atoms with Crippen molar-refractivity contribution in [2.75, 3.05) is 14.2 Å². The minimum absolute atomic E-state index is 0.145. The Morgan fingerprint density at radius 3 is 2.50 bits per heavy atom. The first-order valence-corrected chi connectivity index (χ1v) is 7.02. The number of methoxy groups -OCH3 is 2. The lowest BCUT2D eigenvalue weighted by Crippen LogP contribution is -1.95. The van der Waals surface area contributed by atoms with Gasteiger partial charge in [-0.3, -0.25) is 0 Å². The average molecular weight is 326 g/mol. The summed E-state index contributed by atoms with van der Waals surface area (Å²) < 4.78 is 16.3. The molecule has 0 aliphatic carbocycles. The quantitative estimate of drug-likeness (QED) is 0.769. The number of rotatable bonds is 5. The van der Waals surface area contributed by atoms with E-state index in [0.717, 1.165) is 0 Å². The first-order valence-electron chi connectivity index (χ1n) is 7.02. The van der Waals surface area contributed by atoms with Gasteiger partial charge in [-0.05, 0) is 30.3 Å². The summed E-state index contributed by atoms with van der Waals surface area (Å²) in [6.45, 7) is 0. The van der Waals surface area contributed by atoms with Crippen molar-refractivity contribution in [3.63, 3.8) is 0 Å². The molecule has 0 fully saturated rings. The maximum absolute atomic E-state index is 11.1. The van der Waals surface area contributed by atoms with Crippen LogP contribution in [0.2, 0.25) is 0 Å². The van der Waals surface area contributed by atoms with E-state index < -0.39 is 5.97 Å². The molecule has 0 atom stereocenters. The van der Waals surface area contributed by atoms with Crippen LogP contribution in [0, 0.1) is 0 Å². The average Bonchev–Trinajstić information content (AvgIpc) is 3.11. The first kappa shape index (κ1) is 15.5. The SMILES string of the molecule is COc1cccc(-c2nnc(-c3cccc(C(=O)O)c3)o2)c1OC. The second-order valence-electron chi connectivity index (χ2n) is 4.84. The van der Waals surface area contributed by atoms with E-state index in [9.17, 15) is 4.79 Å². The van der Waals surface area contributed by atoms with Crippen molar-refractivity contribution in [2.24, 2.45) is 0 Å². The molecule has 1 heterocycles. The van der Waals surface area contributed by atoms with Gasteiger partial charge in [-0.2, -0.15) is 0 Å². The Bertz CT molecular complexity index is 888. The fourth-order valence-electron chi connectivity index (χ4n) is 2.29. The van der Waals surface area contributed by atoms with Crippen LogP contribution in [-0.2, 0) is 0 Å². The molecule has 0 saturated heterocycles. The van der Waals surface area contributed by atoms with E-state index in [1.165, 1.54) is 26.4 Å². The van der Waals surface area contributed by atoms with E-state index >= 15 is 0 Å². The van der Waals surface area contributed by atoms with Gasteiger partial charge >= 0.3 is 5.97 Å². The van der Waals surface area contributed by atoms with Gasteiger partial charge < -0.3 is 19.0 Å². The van der Waals surface area contributed by atoms with Crippen LogP contribution in [0.4, 0.5) is 0 Å². The van der Waals surface area contributed by atoms with E-state index in [2.05, 4.69) is 10.2 Å². The number of carboxylic acid groups (broad SMARTS) is 1. The highest BCUT2D eigenvalue weighted by molar-refractivity contribution is 5.89. The summed E-state index contributed by atoms with van der Waals surface area (Å²) in [4.78, 5) is 11.1. The standard InChI is InChI=1S/C17H14N2O5/c1-22-13-8-4-7-12(14(13)23-2)16-19-18-15(24-16)10-5-3-6-11(9-10)17(20)21/h3-9H,1-2H3,(H,20,21). The van der Waals surface area contributed by atoms with Crippen molar-refractivity contribution in [3.8, 4) is 34.4 Å². The summed E-state index contributed by atoms with van der Waals surface area (Å²) >= 11 is 0. The van der Waals surface area contributed by atoms with Gasteiger partial charge in [0.25, 0.3) is 5.89 Å². The molecule has 0 aliphatic rings. The smallest absolute Gasteiger partial charge is 0.335 e. The van der Waals surface area contributed by atoms with E-state index in [-0.39, 0.29) is 17.3 Å². The topological polar surface area (TPSA) is 94.7 Å². The minimum Gasteiger partial charge on any atom is -0.493 e. The van der Waals surface area contributed by atoms with Crippen LogP contribution in [0.5, 0.6) is 11.5 Å². The molecular weight excluding hydrogens is 312 g/mol. The van der Waals surface area contributed by atoms with Crippen LogP contribution in [0.15, 0.2) is 46.9 Å². The molecule has 1 aromatic heterocycles. The van der Waals surface area contributed by atoms with Gasteiger partial charge in [-0.25, -0.2) is 4.79 Å². The summed E-state index contributed by atoms with van der Waals surface area (Å²) in [6.07, 6.45) is 0. The Kier molecular flexibility index (Phi) is 4.15. The maximum Gasteiger partial charge on any atom is 0.335 e. The molecular formula is C17H14N2O5. The van der Waals surface area contributed by atoms with Crippen LogP contribution < -0.4 is 9.47 Å². The van der Waals surface area contributed by atoms with E-state index in [1.54, 1.807) is 30.3 Å². The largest absolute Gasteiger partial charge is 0.493 e. The van der Waals surface area contributed by atoms with Gasteiger partial charge in [-0.1, -0.05) is 12.1 Å². The fourth-order valence-corrected chi connectivity index (χ4v) is 2.29. The van der Waals surface area contributed by atoms with Crippen molar-refractivity contribution >= 4 is 5.97 Å². The lowest BCUT2D eigenvalue weighted by molar-refractivity contribution is 0.0697. The molecule has 24 heavy (non-hydrogen) atoms. The van der Waals surface area contributed by atoms with Crippen molar-refractivity contribution in [1.82, 2.24) is 10.2 Å². The van der Waals surface area contributed by atoms with Crippen LogP contribution in [0.3, 0.4) is 0 Å². The molecule has 2 aromatic carbocycles. The number of carbonyl (C=O) groups is 1. The second kappa shape index (κ2) is 6.41. The third kappa shape index (κ3) is 2.79. The van der Waals surface area contributed by atoms with Gasteiger partial charge in [-0.15, -0.1) is 10.2 Å². The van der Waals surface area contributed by atoms with Crippen molar-refractivity contribution < 1.29 is 23.8 Å². The first-order chi connectivity index (χ1) is 11.6. The lowest BCUT2D eigenvalue weighted by Gasteiger charge is -2.09. The number of ether oxygens (including phenoxy) is 2. The summed E-state index contributed by atoms with van der Waals surface area (Å²) in [5, 5.41) is 17.1. The van der Waals surface area contributed by atoms with Crippen molar-refractivity contribution in [2.45, 2.75) is 0 Å². The third-order valence-corrected chi connectivity index (χ3v) is 3.41. The molecule has 7 nitrogen and oxygen atoms in total. The Labute approximate surface area is 137 Å². The summed E-state index contributed by atoms with van der Waals surface area (Å²) in [5.74, 6) is 0.475. The molecule has 0 unspecified atom stereocenters. The molecule has 0 aliphatic heterocycles. The van der Waals surface area contributed by atoms with E-state index in [0.29, 0.717) is 22.6 Å². The number of benzene rings is 2. The van der Waals surface area contributed by atoms with Gasteiger partial charge in [0.2, 0.25) is 5.89 Å². The van der Waals surface area contributed by atoms with Gasteiger partial charge in [0.1, 0.15) is 0 Å². The summed E-state index contributed by atoms with van der Waals surface area (Å²) in [6, 6.07) is 11.6. The molecule has 122 valence electrons. The van der Waals surface area contributed by atoms with Crippen LogP contribution in [-0.4, -0.2) is 35.5 Å². The Hall–Kier alpha value is -3.35. The Balaban J connectivity index is 2.03. The maximum atomic E-state index is 11.1. The van der Waals surface area contributed by atoms with Crippen molar-refractivity contribution in [3.05, 3.63) is 48.0 Å². The normalized spacial score (nSPS) is 10.4. The van der Waals surface area contributed by atoms with Crippen LogP contribution in [0.25, 0.3) is 22.9 Å². The van der Waals surface area contributed by atoms with Gasteiger partial charge in [0.15, 0.2) is 11.5 Å². The van der Waals surface area contributed by atoms with Gasteiger partial charge in [0.05, 0.1) is 25.3 Å².